The van der Waals surface area contributed by atoms with Crippen LogP contribution in [0.2, 0.25) is 0 Å². The van der Waals surface area contributed by atoms with Gasteiger partial charge in [-0.25, -0.2) is 4.99 Å². The summed E-state index contributed by atoms with van der Waals surface area (Å²) in [7, 11) is 3.48. The lowest BCUT2D eigenvalue weighted by molar-refractivity contribution is -0.127. The maximum absolute atomic E-state index is 11.8. The second-order valence-corrected chi connectivity index (χ2v) is 6.28. The molecule has 0 spiro atoms. The minimum Gasteiger partial charge on any atom is -0.493 e. The van der Waals surface area contributed by atoms with Crippen molar-refractivity contribution in [2.45, 2.75) is 38.8 Å². The number of benzene rings is 1. The Balaban J connectivity index is 0.00000312. The molecule has 2 atom stereocenters. The molecule has 2 unspecified atom stereocenters. The molecule has 7 heteroatoms. The van der Waals surface area contributed by atoms with Gasteiger partial charge in [0.1, 0.15) is 12.3 Å². The number of hydrogen-bond acceptors (Lipinski definition) is 3. The summed E-state index contributed by atoms with van der Waals surface area (Å²) in [6.07, 6.45) is 1.84. The predicted molar refractivity (Wildman–Crippen MR) is 112 cm³/mol. The zero-order valence-corrected chi connectivity index (χ0v) is 17.7. The van der Waals surface area contributed by atoms with Crippen LogP contribution < -0.4 is 15.4 Å². The van der Waals surface area contributed by atoms with Crippen molar-refractivity contribution in [2.24, 2.45) is 4.99 Å². The molecule has 0 aromatic heterocycles. The van der Waals surface area contributed by atoms with E-state index in [1.807, 2.05) is 18.2 Å². The molecule has 1 aromatic carbocycles. The van der Waals surface area contributed by atoms with Crippen molar-refractivity contribution in [1.82, 2.24) is 15.5 Å². The number of ether oxygens (including phenoxy) is 1. The van der Waals surface area contributed by atoms with E-state index in [2.05, 4.69) is 35.5 Å². The molecule has 2 N–H and O–H groups in total. The normalized spacial score (nSPS) is 17.4. The lowest BCUT2D eigenvalue weighted by Gasteiger charge is -2.29. The fraction of sp³-hybridized carbons (Fsp3) is 0.556. The Morgan fingerprint density at radius 2 is 2.12 bits per heavy atom. The molecule has 0 bridgehead atoms. The highest BCUT2D eigenvalue weighted by Gasteiger charge is 2.22. The van der Waals surface area contributed by atoms with Crippen LogP contribution in [0.3, 0.4) is 0 Å². The number of nitrogens with one attached hydrogen (secondary N) is 2. The number of fused-ring (bicyclic) bond motifs is 1. The monoisotopic (exact) mass is 460 g/mol. The second kappa shape index (κ2) is 10.5. The number of rotatable bonds is 5. The molecule has 25 heavy (non-hydrogen) atoms. The second-order valence-electron chi connectivity index (χ2n) is 6.28. The standard InChI is InChI=1S/C18H28N4O2.HI/c1-5-13(2)20-18(19-12-17(23)22(3)4)21-15-10-11-24-16-9-7-6-8-14(15)16;/h6-9,13,15H,5,10-12H2,1-4H3,(H2,19,20,21);1H. The van der Waals surface area contributed by atoms with Gasteiger partial charge in [-0.15, -0.1) is 24.0 Å². The Morgan fingerprint density at radius 1 is 1.40 bits per heavy atom. The van der Waals surface area contributed by atoms with Crippen molar-refractivity contribution in [2.75, 3.05) is 27.2 Å². The van der Waals surface area contributed by atoms with Gasteiger partial charge >= 0.3 is 0 Å². The Bertz CT molecular complexity index is 592. The smallest absolute Gasteiger partial charge is 0.243 e. The summed E-state index contributed by atoms with van der Waals surface area (Å²) >= 11 is 0. The van der Waals surface area contributed by atoms with Gasteiger partial charge in [0.05, 0.1) is 12.6 Å². The zero-order chi connectivity index (χ0) is 17.5. The van der Waals surface area contributed by atoms with Crippen LogP contribution in [0.25, 0.3) is 0 Å². The highest BCUT2D eigenvalue weighted by Crippen LogP contribution is 2.31. The first-order valence-corrected chi connectivity index (χ1v) is 8.50. The van der Waals surface area contributed by atoms with E-state index in [-0.39, 0.29) is 48.5 Å². The van der Waals surface area contributed by atoms with Gasteiger partial charge in [-0.05, 0) is 19.4 Å². The van der Waals surface area contributed by atoms with Crippen molar-refractivity contribution >= 4 is 35.8 Å². The van der Waals surface area contributed by atoms with Crippen LogP contribution in [0.15, 0.2) is 29.3 Å². The Morgan fingerprint density at radius 3 is 2.80 bits per heavy atom. The predicted octanol–water partition coefficient (Wildman–Crippen LogP) is 2.55. The van der Waals surface area contributed by atoms with Crippen molar-refractivity contribution in [3.05, 3.63) is 29.8 Å². The number of likely N-dealkylation sites (N-methyl/N-ethyl adjacent to an activating group) is 1. The number of nitrogens with zero attached hydrogens (tertiary/aromatic N) is 2. The third-order valence-electron chi connectivity index (χ3n) is 4.14. The first-order valence-electron chi connectivity index (χ1n) is 8.50. The first kappa shape index (κ1) is 21.5. The molecule has 6 nitrogen and oxygen atoms in total. The van der Waals surface area contributed by atoms with Crippen molar-refractivity contribution < 1.29 is 9.53 Å². The highest BCUT2D eigenvalue weighted by molar-refractivity contribution is 14.0. The van der Waals surface area contributed by atoms with E-state index in [1.165, 1.54) is 0 Å². The van der Waals surface area contributed by atoms with Crippen LogP contribution in [-0.4, -0.2) is 50.1 Å². The van der Waals surface area contributed by atoms with Crippen molar-refractivity contribution in [3.8, 4) is 5.75 Å². The largest absolute Gasteiger partial charge is 0.493 e. The Hall–Kier alpha value is -1.51. The minimum atomic E-state index is -0.0207. The molecule has 140 valence electrons. The molecule has 0 saturated heterocycles. The number of para-hydroxylation sites is 1. The van der Waals surface area contributed by atoms with Crippen LogP contribution >= 0.6 is 24.0 Å². The van der Waals surface area contributed by atoms with Gasteiger partial charge in [0.25, 0.3) is 0 Å². The summed E-state index contributed by atoms with van der Waals surface area (Å²) in [5, 5.41) is 6.83. The number of guanidine groups is 1. The number of carbonyl (C=O) groups is 1. The molecule has 0 aliphatic carbocycles. The molecule has 1 heterocycles. The summed E-state index contributed by atoms with van der Waals surface area (Å²) in [6.45, 7) is 5.01. The summed E-state index contributed by atoms with van der Waals surface area (Å²) in [4.78, 5) is 17.8. The van der Waals surface area contributed by atoms with Crippen molar-refractivity contribution in [3.63, 3.8) is 0 Å². The molecular weight excluding hydrogens is 431 g/mol. The Labute approximate surface area is 167 Å². The van der Waals surface area contributed by atoms with Gasteiger partial charge < -0.3 is 20.3 Å². The van der Waals surface area contributed by atoms with Crippen LogP contribution in [-0.2, 0) is 4.79 Å². The molecule has 1 aliphatic heterocycles. The van der Waals surface area contributed by atoms with Crippen LogP contribution in [0.4, 0.5) is 0 Å². The van der Waals surface area contributed by atoms with Crippen LogP contribution in [0.5, 0.6) is 5.75 Å². The fourth-order valence-electron chi connectivity index (χ4n) is 2.41. The number of amides is 1. The molecule has 2 rings (SSSR count). The zero-order valence-electron chi connectivity index (χ0n) is 15.4. The first-order chi connectivity index (χ1) is 11.5. The van der Waals surface area contributed by atoms with Gasteiger partial charge in [-0.1, -0.05) is 25.1 Å². The molecule has 1 amide bonds. The lowest BCUT2D eigenvalue weighted by atomic mass is 10.0. The molecule has 1 aromatic rings. The van der Waals surface area contributed by atoms with E-state index in [9.17, 15) is 4.79 Å². The minimum absolute atomic E-state index is 0. The lowest BCUT2D eigenvalue weighted by Crippen LogP contribution is -2.45. The maximum Gasteiger partial charge on any atom is 0.243 e. The average Bonchev–Trinajstić information content (AvgIpc) is 2.59. The van der Waals surface area contributed by atoms with Crippen LogP contribution in [0, 0.1) is 0 Å². The van der Waals surface area contributed by atoms with E-state index < -0.39 is 0 Å². The molecule has 0 saturated carbocycles. The van der Waals surface area contributed by atoms with E-state index in [4.69, 9.17) is 4.74 Å². The molecule has 1 aliphatic rings. The highest BCUT2D eigenvalue weighted by atomic mass is 127. The van der Waals surface area contributed by atoms with Gasteiger partial charge in [0, 0.05) is 32.1 Å². The number of hydrogen-bond donors (Lipinski definition) is 2. The number of halogens is 1. The SMILES string of the molecule is CCC(C)NC(=NCC(=O)N(C)C)NC1CCOc2ccccc21.I. The van der Waals surface area contributed by atoms with Gasteiger partial charge in [0.2, 0.25) is 5.91 Å². The quantitative estimate of drug-likeness (QED) is 0.403. The van der Waals surface area contributed by atoms with Crippen molar-refractivity contribution in [1.29, 1.82) is 0 Å². The van der Waals surface area contributed by atoms with Gasteiger partial charge in [-0.2, -0.15) is 0 Å². The fourth-order valence-corrected chi connectivity index (χ4v) is 2.41. The number of aliphatic imine (C=N–C) groups is 1. The summed E-state index contributed by atoms with van der Waals surface area (Å²) in [5.41, 5.74) is 1.13. The van der Waals surface area contributed by atoms with E-state index in [0.29, 0.717) is 12.6 Å². The topological polar surface area (TPSA) is 66.0 Å². The van der Waals surface area contributed by atoms with Gasteiger partial charge in [0.15, 0.2) is 5.96 Å². The molecular formula is C18H29IN4O2. The number of carbonyl (C=O) groups excluding carboxylic acids is 1. The molecule has 0 fully saturated rings. The van der Waals surface area contributed by atoms with Crippen LogP contribution in [0.1, 0.15) is 38.3 Å². The summed E-state index contributed by atoms with van der Waals surface area (Å²) < 4.78 is 5.71. The Kier molecular flexibility index (Phi) is 9.02. The van der Waals surface area contributed by atoms with E-state index in [0.717, 1.165) is 24.2 Å². The molecule has 0 radical (unpaired) electrons. The third-order valence-corrected chi connectivity index (χ3v) is 4.14. The van der Waals surface area contributed by atoms with E-state index in [1.54, 1.807) is 19.0 Å². The third kappa shape index (κ3) is 6.37. The average molecular weight is 460 g/mol. The maximum atomic E-state index is 11.8. The van der Waals surface area contributed by atoms with Gasteiger partial charge in [-0.3, -0.25) is 4.79 Å². The van der Waals surface area contributed by atoms with E-state index >= 15 is 0 Å². The summed E-state index contributed by atoms with van der Waals surface area (Å²) in [6, 6.07) is 8.44. The summed E-state index contributed by atoms with van der Waals surface area (Å²) in [5.74, 6) is 1.56.